The molecule has 0 aromatic heterocycles. The van der Waals surface area contributed by atoms with Crippen LogP contribution in [0.25, 0.3) is 0 Å². The summed E-state index contributed by atoms with van der Waals surface area (Å²) in [6.07, 6.45) is 4.47. The third kappa shape index (κ3) is 2.35. The number of hydrogen-bond acceptors (Lipinski definition) is 1. The Bertz CT molecular complexity index is 173. The molecule has 0 unspecified atom stereocenters. The van der Waals surface area contributed by atoms with Gasteiger partial charge in [-0.05, 0) is 31.7 Å². The van der Waals surface area contributed by atoms with Gasteiger partial charge in [0.2, 0.25) is 0 Å². The Balaban J connectivity index is 1.85. The van der Waals surface area contributed by atoms with Gasteiger partial charge >= 0.3 is 0 Å². The summed E-state index contributed by atoms with van der Waals surface area (Å²) in [6, 6.07) is 2.54. The van der Waals surface area contributed by atoms with Gasteiger partial charge in [0.15, 0.2) is 0 Å². The summed E-state index contributed by atoms with van der Waals surface area (Å²) >= 11 is 0. The van der Waals surface area contributed by atoms with Crippen LogP contribution in [-0.2, 0) is 0 Å². The van der Waals surface area contributed by atoms with Crippen molar-refractivity contribution in [2.24, 2.45) is 5.92 Å². The Labute approximate surface area is 83.5 Å². The molecular weight excluding hydrogens is 174 g/mol. The topological polar surface area (TPSA) is 3.24 Å². The molecule has 2 heterocycles. The van der Waals surface area contributed by atoms with Gasteiger partial charge in [-0.3, -0.25) is 0 Å². The van der Waals surface area contributed by atoms with Crippen LogP contribution < -0.4 is 0 Å². The van der Waals surface area contributed by atoms with Gasteiger partial charge in [-0.1, -0.05) is 25.7 Å². The first-order valence-corrected chi connectivity index (χ1v) is 9.49. The number of fused-ring (bicyclic) bond motifs is 1. The van der Waals surface area contributed by atoms with Gasteiger partial charge in [0.25, 0.3) is 0 Å². The molecule has 76 valence electrons. The van der Waals surface area contributed by atoms with E-state index in [1.807, 2.05) is 0 Å². The van der Waals surface area contributed by atoms with Crippen molar-refractivity contribution in [2.45, 2.75) is 51.0 Å². The molecule has 0 saturated carbocycles. The summed E-state index contributed by atoms with van der Waals surface area (Å²) in [4.78, 5) is 2.74. The Hall–Kier alpha value is 0.177. The molecule has 2 atom stereocenters. The first kappa shape index (κ1) is 9.72. The van der Waals surface area contributed by atoms with Crippen LogP contribution in [0.3, 0.4) is 0 Å². The maximum atomic E-state index is 2.74. The first-order chi connectivity index (χ1) is 6.04. The van der Waals surface area contributed by atoms with E-state index in [0.29, 0.717) is 0 Å². The lowest BCUT2D eigenvalue weighted by Gasteiger charge is -2.21. The van der Waals surface area contributed by atoms with E-state index in [1.165, 1.54) is 32.4 Å². The van der Waals surface area contributed by atoms with Crippen molar-refractivity contribution in [3.63, 3.8) is 0 Å². The molecule has 0 aromatic carbocycles. The zero-order valence-electron chi connectivity index (χ0n) is 9.34. The van der Waals surface area contributed by atoms with Crippen molar-refractivity contribution in [1.29, 1.82) is 0 Å². The van der Waals surface area contributed by atoms with E-state index in [0.717, 1.165) is 12.0 Å². The van der Waals surface area contributed by atoms with Crippen LogP contribution in [0.5, 0.6) is 0 Å². The smallest absolute Gasteiger partial charge is 0.0445 e. The number of nitrogens with zero attached hydrogens (tertiary/aromatic N) is 1. The minimum atomic E-state index is -0.797. The lowest BCUT2D eigenvalue weighted by molar-refractivity contribution is 0.319. The molecule has 0 N–H and O–H groups in total. The minimum absolute atomic E-state index is 0.797. The lowest BCUT2D eigenvalue weighted by atomic mass is 10.1. The van der Waals surface area contributed by atoms with Crippen LogP contribution >= 0.6 is 0 Å². The van der Waals surface area contributed by atoms with Crippen LogP contribution in [-0.4, -0.2) is 32.1 Å². The van der Waals surface area contributed by atoms with E-state index in [2.05, 4.69) is 24.5 Å². The molecule has 0 bridgehead atoms. The van der Waals surface area contributed by atoms with E-state index in [-0.39, 0.29) is 0 Å². The summed E-state index contributed by atoms with van der Waals surface area (Å²) in [5.41, 5.74) is 0. The molecule has 2 aliphatic rings. The van der Waals surface area contributed by atoms with Gasteiger partial charge in [0.1, 0.15) is 0 Å². The van der Waals surface area contributed by atoms with E-state index >= 15 is 0 Å². The minimum Gasteiger partial charge on any atom is -0.300 e. The van der Waals surface area contributed by atoms with Crippen molar-refractivity contribution >= 4 is 8.07 Å². The number of rotatable bonds is 2. The first-order valence-electron chi connectivity index (χ1n) is 5.79. The van der Waals surface area contributed by atoms with Crippen LogP contribution in [0.4, 0.5) is 0 Å². The second-order valence-corrected chi connectivity index (χ2v) is 11.7. The van der Waals surface area contributed by atoms with Crippen LogP contribution in [0.2, 0.25) is 25.7 Å². The average Bonchev–Trinajstić information content (AvgIpc) is 2.40. The van der Waals surface area contributed by atoms with E-state index in [4.69, 9.17) is 0 Å². The highest BCUT2D eigenvalue weighted by molar-refractivity contribution is 6.76. The van der Waals surface area contributed by atoms with E-state index in [1.54, 1.807) is 6.04 Å². The molecule has 0 radical (unpaired) electrons. The van der Waals surface area contributed by atoms with Gasteiger partial charge < -0.3 is 4.90 Å². The summed E-state index contributed by atoms with van der Waals surface area (Å²) in [6.45, 7) is 10.4. The van der Waals surface area contributed by atoms with Crippen LogP contribution in [0.1, 0.15) is 19.3 Å². The predicted molar refractivity (Wildman–Crippen MR) is 60.9 cm³/mol. The van der Waals surface area contributed by atoms with Crippen LogP contribution in [0, 0.1) is 5.92 Å². The maximum absolute atomic E-state index is 2.74. The zero-order valence-corrected chi connectivity index (χ0v) is 10.3. The molecule has 2 saturated heterocycles. The van der Waals surface area contributed by atoms with Gasteiger partial charge in [-0.2, -0.15) is 0 Å². The van der Waals surface area contributed by atoms with E-state index < -0.39 is 8.07 Å². The van der Waals surface area contributed by atoms with Crippen molar-refractivity contribution in [3.8, 4) is 0 Å². The lowest BCUT2D eigenvalue weighted by Crippen LogP contribution is -2.26. The maximum Gasteiger partial charge on any atom is 0.0445 e. The van der Waals surface area contributed by atoms with Crippen LogP contribution in [0.15, 0.2) is 0 Å². The van der Waals surface area contributed by atoms with Crippen molar-refractivity contribution < 1.29 is 0 Å². The molecule has 2 heteroatoms. The number of hydrogen-bond donors (Lipinski definition) is 0. The second kappa shape index (κ2) is 3.39. The Kier molecular flexibility index (Phi) is 2.54. The molecule has 2 aliphatic heterocycles. The molecule has 2 rings (SSSR count). The Morgan fingerprint density at radius 3 is 2.69 bits per heavy atom. The Morgan fingerprint density at radius 1 is 1.31 bits per heavy atom. The second-order valence-electron chi connectivity index (χ2n) is 6.16. The summed E-state index contributed by atoms with van der Waals surface area (Å²) in [5, 5.41) is 0. The largest absolute Gasteiger partial charge is 0.300 e. The molecule has 13 heavy (non-hydrogen) atoms. The summed E-state index contributed by atoms with van der Waals surface area (Å²) < 4.78 is 0. The summed E-state index contributed by atoms with van der Waals surface area (Å²) in [7, 11) is -0.797. The molecule has 1 nitrogen and oxygen atoms in total. The molecule has 0 aliphatic carbocycles. The average molecular weight is 197 g/mol. The zero-order chi connectivity index (χ0) is 9.47. The van der Waals surface area contributed by atoms with Crippen molar-refractivity contribution in [2.75, 3.05) is 13.1 Å². The molecular formula is C11H23NSi. The highest BCUT2D eigenvalue weighted by atomic mass is 28.3. The molecule has 2 fully saturated rings. The third-order valence-electron chi connectivity index (χ3n) is 3.50. The molecule has 0 spiro atoms. The Morgan fingerprint density at radius 2 is 2.08 bits per heavy atom. The SMILES string of the molecule is C[Si](C)(C)C[C@@H]1C[C@H]2CCCN2C1. The third-order valence-corrected chi connectivity index (χ3v) is 5.30. The normalized spacial score (nSPS) is 35.3. The van der Waals surface area contributed by atoms with Crippen molar-refractivity contribution in [1.82, 2.24) is 4.90 Å². The standard InChI is InChI=1S/C11H23NSi/c1-13(2,3)9-10-7-11-5-4-6-12(11)8-10/h10-11H,4-9H2,1-3H3/t10-,11-/m1/s1. The fraction of sp³-hybridized carbons (Fsp3) is 1.00. The fourth-order valence-corrected chi connectivity index (χ4v) is 5.24. The van der Waals surface area contributed by atoms with Gasteiger partial charge in [-0.25, -0.2) is 0 Å². The quantitative estimate of drug-likeness (QED) is 0.615. The monoisotopic (exact) mass is 197 g/mol. The van der Waals surface area contributed by atoms with Gasteiger partial charge in [-0.15, -0.1) is 0 Å². The predicted octanol–water partition coefficient (Wildman–Crippen LogP) is 2.81. The van der Waals surface area contributed by atoms with Crippen molar-refractivity contribution in [3.05, 3.63) is 0 Å². The van der Waals surface area contributed by atoms with Gasteiger partial charge in [0, 0.05) is 20.7 Å². The van der Waals surface area contributed by atoms with E-state index in [9.17, 15) is 0 Å². The molecule has 0 amide bonds. The molecule has 0 aromatic rings. The van der Waals surface area contributed by atoms with Gasteiger partial charge in [0.05, 0.1) is 0 Å². The fourth-order valence-electron chi connectivity index (χ4n) is 3.21. The highest BCUT2D eigenvalue weighted by Crippen LogP contribution is 2.35. The highest BCUT2D eigenvalue weighted by Gasteiger charge is 2.36. The summed E-state index contributed by atoms with van der Waals surface area (Å²) in [5.74, 6) is 1.05.